The van der Waals surface area contributed by atoms with Gasteiger partial charge in [-0.15, -0.1) is 0 Å². The van der Waals surface area contributed by atoms with Gasteiger partial charge in [-0.2, -0.15) is 8.42 Å². The van der Waals surface area contributed by atoms with Crippen molar-refractivity contribution in [3.63, 3.8) is 0 Å². The van der Waals surface area contributed by atoms with Crippen LogP contribution < -0.4 is 9.92 Å². The lowest BCUT2D eigenvalue weighted by molar-refractivity contribution is 0.199. The number of hydrogen-bond acceptors (Lipinski definition) is 4. The van der Waals surface area contributed by atoms with E-state index in [1.165, 1.54) is 12.1 Å². The van der Waals surface area contributed by atoms with Crippen molar-refractivity contribution in [1.29, 1.82) is 0 Å². The Morgan fingerprint density at radius 3 is 2.06 bits per heavy atom. The molecule has 0 saturated carbocycles. The Kier molecular flexibility index (Phi) is 8.27. The summed E-state index contributed by atoms with van der Waals surface area (Å²) in [7, 11) is -4.01. The predicted octanol–water partition coefficient (Wildman–Crippen LogP) is 7.06. The molecule has 182 valence electrons. The van der Waals surface area contributed by atoms with Crippen molar-refractivity contribution in [3.05, 3.63) is 94.0 Å². The second-order valence-corrected chi connectivity index (χ2v) is 12.1. The van der Waals surface area contributed by atoms with E-state index >= 15 is 0 Å². The molecule has 1 atom stereocenters. The normalized spacial score (nSPS) is 13.3. The zero-order valence-corrected chi connectivity index (χ0v) is 22.9. The number of aryl methyl sites for hydroxylation is 1. The van der Waals surface area contributed by atoms with E-state index in [1.807, 2.05) is 37.3 Å². The van der Waals surface area contributed by atoms with Crippen LogP contribution in [0.15, 0.2) is 82.2 Å². The quantitative estimate of drug-likeness (QED) is 0.293. The van der Waals surface area contributed by atoms with Crippen LogP contribution in [0.25, 0.3) is 0 Å². The summed E-state index contributed by atoms with van der Waals surface area (Å²) in [5.74, 6) is 0.669. The van der Waals surface area contributed by atoms with Crippen LogP contribution in [-0.2, 0) is 10.1 Å². The Bertz CT molecular complexity index is 1200. The molecule has 4 nitrogen and oxygen atoms in total. The topological polar surface area (TPSA) is 69.4 Å². The number of benzene rings is 3. The third kappa shape index (κ3) is 5.91. The van der Waals surface area contributed by atoms with Crippen LogP contribution in [0.3, 0.4) is 0 Å². The zero-order valence-electron chi connectivity index (χ0n) is 20.5. The monoisotopic (exact) mass is 543 g/mol. The van der Waals surface area contributed by atoms with Gasteiger partial charge < -0.3 is 9.92 Å². The number of rotatable bonds is 9. The van der Waals surface area contributed by atoms with E-state index in [0.717, 1.165) is 21.2 Å². The molecule has 0 saturated heterocycles. The van der Waals surface area contributed by atoms with Crippen molar-refractivity contribution >= 4 is 26.0 Å². The molecule has 3 aromatic rings. The minimum atomic E-state index is -4.01. The predicted molar refractivity (Wildman–Crippen MR) is 143 cm³/mol. The van der Waals surface area contributed by atoms with E-state index in [-0.39, 0.29) is 22.6 Å². The molecule has 0 aliphatic carbocycles. The van der Waals surface area contributed by atoms with Crippen molar-refractivity contribution < 1.29 is 12.6 Å². The summed E-state index contributed by atoms with van der Waals surface area (Å²) in [6.07, 6.45) is 0.657. The first-order chi connectivity index (χ1) is 15.9. The highest BCUT2D eigenvalue weighted by atomic mass is 79.9. The molecule has 0 radical (unpaired) electrons. The standard InChI is InChI=1S/C28H34BrNO3S/c1-19(2)28(30,20(3)4)18-26(22-9-7-6-8-10-22)25-17-21(5)11-16-27(25)33-34(31,32)24-14-12-23(29)13-15-24/h6-17,19-20,26H,18,30H2,1-5H3. The highest BCUT2D eigenvalue weighted by molar-refractivity contribution is 9.10. The van der Waals surface area contributed by atoms with E-state index in [9.17, 15) is 8.42 Å². The summed E-state index contributed by atoms with van der Waals surface area (Å²) in [5, 5.41) is 0. The van der Waals surface area contributed by atoms with Crippen molar-refractivity contribution in [2.75, 3.05) is 0 Å². The second-order valence-electron chi connectivity index (χ2n) is 9.62. The van der Waals surface area contributed by atoms with E-state index in [2.05, 4.69) is 55.8 Å². The van der Waals surface area contributed by atoms with Crippen LogP contribution in [0.5, 0.6) is 5.75 Å². The SMILES string of the molecule is Cc1ccc(OS(=O)(=O)c2ccc(Br)cc2)c(C(CC(N)(C(C)C)C(C)C)c2ccccc2)c1. The molecule has 1 unspecified atom stereocenters. The van der Waals surface area contributed by atoms with Gasteiger partial charge in [0.25, 0.3) is 0 Å². The Hall–Kier alpha value is -2.15. The summed E-state index contributed by atoms with van der Waals surface area (Å²) in [6.45, 7) is 10.6. The zero-order chi connectivity index (χ0) is 25.1. The van der Waals surface area contributed by atoms with Gasteiger partial charge in [0, 0.05) is 21.5 Å². The Labute approximate surface area is 212 Å². The Morgan fingerprint density at radius 2 is 1.50 bits per heavy atom. The molecule has 34 heavy (non-hydrogen) atoms. The summed E-state index contributed by atoms with van der Waals surface area (Å²) in [4.78, 5) is 0.107. The lowest BCUT2D eigenvalue weighted by Crippen LogP contribution is -2.51. The summed E-state index contributed by atoms with van der Waals surface area (Å²) in [6, 6.07) is 22.2. The van der Waals surface area contributed by atoms with Crippen LogP contribution in [0.1, 0.15) is 56.7 Å². The van der Waals surface area contributed by atoms with Gasteiger partial charge in [0.1, 0.15) is 10.6 Å². The number of halogens is 1. The molecule has 0 bridgehead atoms. The second kappa shape index (κ2) is 10.6. The van der Waals surface area contributed by atoms with Crippen LogP contribution in [0, 0.1) is 18.8 Å². The van der Waals surface area contributed by atoms with Gasteiger partial charge in [-0.25, -0.2) is 0 Å². The fourth-order valence-electron chi connectivity index (χ4n) is 4.37. The minimum Gasteiger partial charge on any atom is -0.379 e. The Balaban J connectivity index is 2.13. The van der Waals surface area contributed by atoms with Gasteiger partial charge >= 0.3 is 10.1 Å². The largest absolute Gasteiger partial charge is 0.379 e. The van der Waals surface area contributed by atoms with Crippen molar-refractivity contribution in [2.24, 2.45) is 17.6 Å². The molecule has 6 heteroatoms. The van der Waals surface area contributed by atoms with Gasteiger partial charge in [-0.05, 0) is 61.1 Å². The first kappa shape index (κ1) is 26.5. The summed E-state index contributed by atoms with van der Waals surface area (Å²) in [5.41, 5.74) is 9.49. The van der Waals surface area contributed by atoms with Crippen molar-refractivity contribution in [3.8, 4) is 5.75 Å². The van der Waals surface area contributed by atoms with E-state index in [1.54, 1.807) is 18.2 Å². The average molecular weight is 545 g/mol. The highest BCUT2D eigenvalue weighted by Gasteiger charge is 2.37. The maximum absolute atomic E-state index is 13.1. The van der Waals surface area contributed by atoms with Crippen LogP contribution >= 0.6 is 15.9 Å². The highest BCUT2D eigenvalue weighted by Crippen LogP contribution is 2.42. The third-order valence-electron chi connectivity index (χ3n) is 6.75. The van der Waals surface area contributed by atoms with Gasteiger partial charge in [0.05, 0.1) is 0 Å². The third-order valence-corrected chi connectivity index (χ3v) is 8.53. The molecule has 3 aromatic carbocycles. The average Bonchev–Trinajstić information content (AvgIpc) is 2.79. The van der Waals surface area contributed by atoms with Crippen molar-refractivity contribution in [1.82, 2.24) is 0 Å². The molecule has 0 amide bonds. The molecular formula is C28H34BrNO3S. The van der Waals surface area contributed by atoms with Crippen LogP contribution in [0.4, 0.5) is 0 Å². The maximum atomic E-state index is 13.1. The maximum Gasteiger partial charge on any atom is 0.339 e. The molecule has 3 rings (SSSR count). The summed E-state index contributed by atoms with van der Waals surface area (Å²) < 4.78 is 32.9. The number of nitrogens with two attached hydrogens (primary N) is 1. The number of hydrogen-bond donors (Lipinski definition) is 1. The Morgan fingerprint density at radius 1 is 0.912 bits per heavy atom. The molecular weight excluding hydrogens is 510 g/mol. The fraction of sp³-hybridized carbons (Fsp3) is 0.357. The van der Waals surface area contributed by atoms with Gasteiger partial charge in [-0.3, -0.25) is 0 Å². The van der Waals surface area contributed by atoms with E-state index < -0.39 is 15.7 Å². The van der Waals surface area contributed by atoms with Gasteiger partial charge in [-0.1, -0.05) is 91.7 Å². The molecule has 0 aliphatic rings. The van der Waals surface area contributed by atoms with Gasteiger partial charge in [0.15, 0.2) is 0 Å². The molecule has 0 fully saturated rings. The molecule has 0 heterocycles. The van der Waals surface area contributed by atoms with Gasteiger partial charge in [0.2, 0.25) is 0 Å². The van der Waals surface area contributed by atoms with Crippen LogP contribution in [-0.4, -0.2) is 14.0 Å². The first-order valence-corrected chi connectivity index (χ1v) is 13.8. The lowest BCUT2D eigenvalue weighted by Gasteiger charge is -2.41. The fourth-order valence-corrected chi connectivity index (χ4v) is 5.59. The van der Waals surface area contributed by atoms with Crippen molar-refractivity contribution in [2.45, 2.75) is 57.4 Å². The molecule has 2 N–H and O–H groups in total. The lowest BCUT2D eigenvalue weighted by atomic mass is 9.69. The van der Waals surface area contributed by atoms with E-state index in [4.69, 9.17) is 9.92 Å². The van der Waals surface area contributed by atoms with E-state index in [0.29, 0.717) is 12.2 Å². The molecule has 0 aromatic heterocycles. The molecule has 0 spiro atoms. The smallest absolute Gasteiger partial charge is 0.339 e. The summed E-state index contributed by atoms with van der Waals surface area (Å²) >= 11 is 3.35. The van der Waals surface area contributed by atoms with Crippen LogP contribution in [0.2, 0.25) is 0 Å². The minimum absolute atomic E-state index is 0.107. The first-order valence-electron chi connectivity index (χ1n) is 11.6. The molecule has 0 aliphatic heterocycles.